The fourth-order valence-electron chi connectivity index (χ4n) is 1.53. The van der Waals surface area contributed by atoms with Gasteiger partial charge in [-0.3, -0.25) is 4.79 Å². The van der Waals surface area contributed by atoms with Gasteiger partial charge in [0.05, 0.1) is 10.0 Å². The molecule has 108 valence electrons. The van der Waals surface area contributed by atoms with Crippen molar-refractivity contribution in [2.75, 3.05) is 0 Å². The monoisotopic (exact) mass is 341 g/mol. The predicted octanol–water partition coefficient (Wildman–Crippen LogP) is 4.55. The first kappa shape index (κ1) is 15.7. The largest absolute Gasteiger partial charge is 0.452 e. The Labute approximate surface area is 136 Å². The number of carbonyl (C=O) groups excluding carboxylic acids is 1. The molecule has 0 bridgehead atoms. The molecule has 0 aliphatic rings. The molecule has 0 saturated carbocycles. The molecule has 0 atom stereocenters. The number of rotatable bonds is 4. The van der Waals surface area contributed by atoms with E-state index in [-0.39, 0.29) is 5.76 Å². The van der Waals surface area contributed by atoms with Crippen molar-refractivity contribution in [3.05, 3.63) is 68.9 Å². The number of hydrogen-bond acceptors (Lipinski definition) is 2. The third kappa shape index (κ3) is 4.39. The summed E-state index contributed by atoms with van der Waals surface area (Å²) in [5.74, 6) is -0.267. The molecule has 3 nitrogen and oxygen atoms in total. The van der Waals surface area contributed by atoms with E-state index in [2.05, 4.69) is 0 Å². The van der Waals surface area contributed by atoms with Gasteiger partial charge in [-0.2, -0.15) is 0 Å². The van der Waals surface area contributed by atoms with Crippen LogP contribution in [0.3, 0.4) is 0 Å². The molecule has 0 radical (unpaired) electrons. The Morgan fingerprint density at radius 3 is 2.24 bits per heavy atom. The Hall–Kier alpha value is -1.68. The average molecular weight is 343 g/mol. The maximum atomic E-state index is 11.5. The van der Waals surface area contributed by atoms with Crippen LogP contribution in [0.5, 0.6) is 5.75 Å². The second-order valence-electron chi connectivity index (χ2n) is 4.10. The number of nitrogens with two attached hydrogens (primary N) is 1. The van der Waals surface area contributed by atoms with E-state index in [0.29, 0.717) is 26.4 Å². The van der Waals surface area contributed by atoms with Gasteiger partial charge in [-0.15, -0.1) is 0 Å². The zero-order valence-corrected chi connectivity index (χ0v) is 12.9. The van der Waals surface area contributed by atoms with Crippen LogP contribution in [-0.4, -0.2) is 5.91 Å². The third-order valence-electron chi connectivity index (χ3n) is 2.53. The van der Waals surface area contributed by atoms with E-state index in [4.69, 9.17) is 45.3 Å². The molecule has 2 rings (SSSR count). The summed E-state index contributed by atoms with van der Waals surface area (Å²) < 4.78 is 5.46. The lowest BCUT2D eigenvalue weighted by atomic mass is 10.2. The van der Waals surface area contributed by atoms with Crippen LogP contribution in [0.2, 0.25) is 15.1 Å². The summed E-state index contributed by atoms with van der Waals surface area (Å²) in [6.45, 7) is 0. The summed E-state index contributed by atoms with van der Waals surface area (Å²) in [4.78, 5) is 11.5. The van der Waals surface area contributed by atoms with Crippen molar-refractivity contribution in [2.24, 2.45) is 5.73 Å². The van der Waals surface area contributed by atoms with Gasteiger partial charge in [-0.1, -0.05) is 40.9 Å². The molecule has 0 unspecified atom stereocenters. The smallest absolute Gasteiger partial charge is 0.284 e. The van der Waals surface area contributed by atoms with Gasteiger partial charge < -0.3 is 10.5 Å². The Balaban J connectivity index is 2.29. The van der Waals surface area contributed by atoms with Crippen molar-refractivity contribution in [2.45, 2.75) is 0 Å². The SMILES string of the molecule is NC(=O)/C(=C/c1ccc(Cl)c(Cl)c1)Oc1ccc(Cl)cc1. The Morgan fingerprint density at radius 2 is 1.67 bits per heavy atom. The number of hydrogen-bond donors (Lipinski definition) is 1. The second kappa shape index (κ2) is 6.85. The highest BCUT2D eigenvalue weighted by Gasteiger charge is 2.09. The molecule has 2 aromatic rings. The molecule has 2 N–H and O–H groups in total. The van der Waals surface area contributed by atoms with Crippen molar-refractivity contribution in [3.8, 4) is 5.75 Å². The zero-order valence-electron chi connectivity index (χ0n) is 10.6. The summed E-state index contributed by atoms with van der Waals surface area (Å²) in [5, 5.41) is 1.37. The summed E-state index contributed by atoms with van der Waals surface area (Å²) in [5.41, 5.74) is 5.96. The Morgan fingerprint density at radius 1 is 1.00 bits per heavy atom. The lowest BCUT2D eigenvalue weighted by Crippen LogP contribution is -2.18. The number of amides is 1. The number of primary amides is 1. The van der Waals surface area contributed by atoms with Gasteiger partial charge in [-0.25, -0.2) is 0 Å². The van der Waals surface area contributed by atoms with Crippen LogP contribution in [0.15, 0.2) is 48.2 Å². The number of ether oxygens (including phenoxy) is 1. The van der Waals surface area contributed by atoms with E-state index in [1.165, 1.54) is 6.08 Å². The second-order valence-corrected chi connectivity index (χ2v) is 5.35. The molecule has 0 saturated heterocycles. The van der Waals surface area contributed by atoms with Crippen molar-refractivity contribution < 1.29 is 9.53 Å². The summed E-state index contributed by atoms with van der Waals surface area (Å²) in [6, 6.07) is 11.5. The maximum Gasteiger partial charge on any atom is 0.284 e. The maximum absolute atomic E-state index is 11.5. The highest BCUT2D eigenvalue weighted by Crippen LogP contribution is 2.24. The fraction of sp³-hybridized carbons (Fsp3) is 0. The molecule has 0 aliphatic heterocycles. The number of carbonyl (C=O) groups is 1. The van der Waals surface area contributed by atoms with E-state index >= 15 is 0 Å². The molecule has 0 aromatic heterocycles. The van der Waals surface area contributed by atoms with Crippen LogP contribution in [0.25, 0.3) is 6.08 Å². The van der Waals surface area contributed by atoms with E-state index in [1.54, 1.807) is 42.5 Å². The summed E-state index contributed by atoms with van der Waals surface area (Å²) in [7, 11) is 0. The highest BCUT2D eigenvalue weighted by atomic mass is 35.5. The van der Waals surface area contributed by atoms with Gasteiger partial charge in [-0.05, 0) is 48.0 Å². The molecule has 6 heteroatoms. The van der Waals surface area contributed by atoms with E-state index < -0.39 is 5.91 Å². The van der Waals surface area contributed by atoms with Gasteiger partial charge in [0.2, 0.25) is 0 Å². The van der Waals surface area contributed by atoms with Crippen molar-refractivity contribution in [3.63, 3.8) is 0 Å². The van der Waals surface area contributed by atoms with Gasteiger partial charge in [0.1, 0.15) is 5.75 Å². The molecule has 21 heavy (non-hydrogen) atoms. The van der Waals surface area contributed by atoms with Gasteiger partial charge in [0.25, 0.3) is 5.91 Å². The van der Waals surface area contributed by atoms with Crippen LogP contribution in [0, 0.1) is 0 Å². The summed E-state index contributed by atoms with van der Waals surface area (Å²) in [6.07, 6.45) is 1.49. The zero-order chi connectivity index (χ0) is 15.4. The fourth-order valence-corrected chi connectivity index (χ4v) is 1.97. The van der Waals surface area contributed by atoms with Crippen LogP contribution in [-0.2, 0) is 4.79 Å². The predicted molar refractivity (Wildman–Crippen MR) is 85.7 cm³/mol. The molecule has 0 spiro atoms. The molecular weight excluding hydrogens is 333 g/mol. The van der Waals surface area contributed by atoms with E-state index in [9.17, 15) is 4.79 Å². The number of halogens is 3. The van der Waals surface area contributed by atoms with Crippen LogP contribution in [0.4, 0.5) is 0 Å². The van der Waals surface area contributed by atoms with Crippen LogP contribution in [0.1, 0.15) is 5.56 Å². The molecular formula is C15H10Cl3NO2. The minimum absolute atomic E-state index is 0.0179. The quantitative estimate of drug-likeness (QED) is 0.654. The van der Waals surface area contributed by atoms with Gasteiger partial charge in [0, 0.05) is 5.02 Å². The molecule has 0 aliphatic carbocycles. The van der Waals surface area contributed by atoms with Crippen molar-refractivity contribution >= 4 is 46.8 Å². The Bertz CT molecular complexity index is 697. The number of benzene rings is 2. The van der Waals surface area contributed by atoms with Crippen LogP contribution >= 0.6 is 34.8 Å². The minimum atomic E-state index is -0.698. The Kier molecular flexibility index (Phi) is 5.12. The highest BCUT2D eigenvalue weighted by molar-refractivity contribution is 6.42. The molecule has 2 aromatic carbocycles. The first-order chi connectivity index (χ1) is 9.95. The summed E-state index contributed by atoms with van der Waals surface area (Å²) >= 11 is 17.5. The topological polar surface area (TPSA) is 52.3 Å². The lowest BCUT2D eigenvalue weighted by molar-refractivity contribution is -0.116. The molecule has 0 fully saturated rings. The third-order valence-corrected chi connectivity index (χ3v) is 3.52. The van der Waals surface area contributed by atoms with Gasteiger partial charge >= 0.3 is 0 Å². The normalized spacial score (nSPS) is 11.3. The minimum Gasteiger partial charge on any atom is -0.452 e. The van der Waals surface area contributed by atoms with Crippen molar-refractivity contribution in [1.82, 2.24) is 0 Å². The van der Waals surface area contributed by atoms with Gasteiger partial charge in [0.15, 0.2) is 5.76 Å². The molecule has 0 heterocycles. The van der Waals surface area contributed by atoms with E-state index in [1.807, 2.05) is 0 Å². The average Bonchev–Trinajstić information content (AvgIpc) is 2.44. The lowest BCUT2D eigenvalue weighted by Gasteiger charge is -2.07. The first-order valence-corrected chi connectivity index (χ1v) is 6.99. The molecule has 1 amide bonds. The van der Waals surface area contributed by atoms with Crippen molar-refractivity contribution in [1.29, 1.82) is 0 Å². The van der Waals surface area contributed by atoms with E-state index in [0.717, 1.165) is 0 Å². The standard InChI is InChI=1S/C15H10Cl3NO2/c16-10-2-4-11(5-3-10)21-14(15(19)20)8-9-1-6-12(17)13(18)7-9/h1-8H,(H2,19,20)/b14-8-. The first-order valence-electron chi connectivity index (χ1n) is 5.85. The van der Waals surface area contributed by atoms with Crippen LogP contribution < -0.4 is 10.5 Å².